The van der Waals surface area contributed by atoms with E-state index in [1.165, 1.54) is 4.90 Å². The van der Waals surface area contributed by atoms with E-state index in [1.807, 2.05) is 0 Å². The normalized spacial score (nSPS) is 13.3. The molecule has 1 amide bonds. The number of carbonyl (C=O) groups excluding carboxylic acids is 1. The first-order valence-corrected chi connectivity index (χ1v) is 7.48. The van der Waals surface area contributed by atoms with Gasteiger partial charge in [-0.15, -0.1) is 0 Å². The second-order valence-corrected chi connectivity index (χ2v) is 5.43. The van der Waals surface area contributed by atoms with Crippen LogP contribution in [0.2, 0.25) is 0 Å². The second-order valence-electron chi connectivity index (χ2n) is 3.89. The van der Waals surface area contributed by atoms with Crippen molar-refractivity contribution in [2.75, 3.05) is 13.1 Å². The maximum atomic E-state index is 11.9. The van der Waals surface area contributed by atoms with Crippen LogP contribution in [0.5, 0.6) is 0 Å². The minimum absolute atomic E-state index is 0.193. The van der Waals surface area contributed by atoms with E-state index in [0.29, 0.717) is 13.1 Å². The zero-order valence-corrected chi connectivity index (χ0v) is 12.5. The summed E-state index contributed by atoms with van der Waals surface area (Å²) < 4.78 is 15.3. The zero-order valence-electron chi connectivity index (χ0n) is 10.9. The standard InChI is InChI=1S/C10H19ClNO5P/c1-5-12(6-2)10(13)8(11)9(7(3)4)17-18(14,15)16/h7H,5-6H2,1-4H3,(H2,14,15,16). The molecule has 0 rings (SSSR count). The number of phosphoric ester groups is 1. The molecule has 106 valence electrons. The molecule has 0 heterocycles. The van der Waals surface area contributed by atoms with E-state index >= 15 is 0 Å². The number of hydrogen-bond donors (Lipinski definition) is 2. The maximum Gasteiger partial charge on any atom is 0.524 e. The van der Waals surface area contributed by atoms with Gasteiger partial charge in [-0.1, -0.05) is 25.4 Å². The number of nitrogens with zero attached hydrogens (tertiary/aromatic N) is 1. The number of halogens is 1. The maximum absolute atomic E-state index is 11.9. The highest BCUT2D eigenvalue weighted by Crippen LogP contribution is 2.42. The van der Waals surface area contributed by atoms with Gasteiger partial charge in [-0.25, -0.2) is 4.57 Å². The number of hydrogen-bond acceptors (Lipinski definition) is 3. The topological polar surface area (TPSA) is 87.1 Å². The monoisotopic (exact) mass is 299 g/mol. The van der Waals surface area contributed by atoms with Gasteiger partial charge in [0.25, 0.3) is 5.91 Å². The van der Waals surface area contributed by atoms with Gasteiger partial charge in [0.15, 0.2) is 0 Å². The first-order chi connectivity index (χ1) is 8.14. The predicted molar refractivity (Wildman–Crippen MR) is 68.8 cm³/mol. The van der Waals surface area contributed by atoms with E-state index in [4.69, 9.17) is 21.4 Å². The molecule has 0 fully saturated rings. The molecule has 0 aromatic heterocycles. The van der Waals surface area contributed by atoms with Gasteiger partial charge in [-0.2, -0.15) is 0 Å². The van der Waals surface area contributed by atoms with Crippen LogP contribution >= 0.6 is 19.4 Å². The smallest absolute Gasteiger partial charge is 0.407 e. The summed E-state index contributed by atoms with van der Waals surface area (Å²) in [5.41, 5.74) is 0. The van der Waals surface area contributed by atoms with Crippen LogP contribution in [0.25, 0.3) is 0 Å². The zero-order chi connectivity index (χ0) is 14.5. The molecule has 2 N–H and O–H groups in total. The molecule has 0 bridgehead atoms. The van der Waals surface area contributed by atoms with Crippen LogP contribution < -0.4 is 0 Å². The van der Waals surface area contributed by atoms with Crippen LogP contribution in [0.3, 0.4) is 0 Å². The van der Waals surface area contributed by atoms with Crippen molar-refractivity contribution in [2.45, 2.75) is 27.7 Å². The largest absolute Gasteiger partial charge is 0.524 e. The molecule has 0 aliphatic heterocycles. The van der Waals surface area contributed by atoms with Crippen LogP contribution in [-0.2, 0) is 13.9 Å². The molecular formula is C10H19ClNO5P. The van der Waals surface area contributed by atoms with Crippen molar-refractivity contribution in [2.24, 2.45) is 5.92 Å². The molecule has 0 saturated heterocycles. The number of carbonyl (C=O) groups is 1. The summed E-state index contributed by atoms with van der Waals surface area (Å²) in [7, 11) is -4.73. The lowest BCUT2D eigenvalue weighted by Gasteiger charge is -2.21. The van der Waals surface area contributed by atoms with E-state index in [2.05, 4.69) is 4.52 Å². The third kappa shape index (κ3) is 5.40. The molecule has 0 aliphatic carbocycles. The molecule has 0 radical (unpaired) electrons. The van der Waals surface area contributed by atoms with Crippen LogP contribution in [-0.4, -0.2) is 33.7 Å². The lowest BCUT2D eigenvalue weighted by Crippen LogP contribution is -2.31. The van der Waals surface area contributed by atoms with Gasteiger partial charge in [0.05, 0.1) is 0 Å². The Balaban J connectivity index is 5.34. The summed E-state index contributed by atoms with van der Waals surface area (Å²) in [6.45, 7) is 7.72. The molecule has 0 spiro atoms. The van der Waals surface area contributed by atoms with Gasteiger partial charge in [-0.05, 0) is 13.8 Å². The average molecular weight is 300 g/mol. The Kier molecular flexibility index (Phi) is 6.92. The van der Waals surface area contributed by atoms with Crippen molar-refractivity contribution in [3.63, 3.8) is 0 Å². The molecule has 18 heavy (non-hydrogen) atoms. The van der Waals surface area contributed by atoms with Crippen LogP contribution in [0.15, 0.2) is 10.8 Å². The fraction of sp³-hybridized carbons (Fsp3) is 0.700. The molecule has 6 nitrogen and oxygen atoms in total. The molecule has 0 aromatic carbocycles. The van der Waals surface area contributed by atoms with Crippen LogP contribution in [0.4, 0.5) is 0 Å². The molecule has 8 heteroatoms. The highest BCUT2D eigenvalue weighted by atomic mass is 35.5. The fourth-order valence-electron chi connectivity index (χ4n) is 1.28. The van der Waals surface area contributed by atoms with Gasteiger partial charge in [-0.3, -0.25) is 14.6 Å². The molecular weight excluding hydrogens is 281 g/mol. The lowest BCUT2D eigenvalue weighted by molar-refractivity contribution is -0.126. The van der Waals surface area contributed by atoms with E-state index in [9.17, 15) is 9.36 Å². The first kappa shape index (κ1) is 17.4. The summed E-state index contributed by atoms with van der Waals surface area (Å²) in [6, 6.07) is 0. The average Bonchev–Trinajstić information content (AvgIpc) is 2.25. The van der Waals surface area contributed by atoms with Gasteiger partial charge in [0, 0.05) is 19.0 Å². The highest BCUT2D eigenvalue weighted by Gasteiger charge is 2.27. The van der Waals surface area contributed by atoms with E-state index in [-0.39, 0.29) is 10.8 Å². The summed E-state index contributed by atoms with van der Waals surface area (Å²) in [6.07, 6.45) is 0. The Morgan fingerprint density at radius 1 is 1.33 bits per heavy atom. The van der Waals surface area contributed by atoms with E-state index < -0.39 is 19.6 Å². The molecule has 0 saturated carbocycles. The van der Waals surface area contributed by atoms with Crippen molar-refractivity contribution in [1.29, 1.82) is 0 Å². The van der Waals surface area contributed by atoms with Gasteiger partial charge in [0.1, 0.15) is 10.8 Å². The number of phosphoric acid groups is 1. The van der Waals surface area contributed by atoms with E-state index in [1.54, 1.807) is 27.7 Å². The van der Waals surface area contributed by atoms with Crippen LogP contribution in [0.1, 0.15) is 27.7 Å². The number of allylic oxidation sites excluding steroid dienone is 1. The quantitative estimate of drug-likeness (QED) is 0.445. The Morgan fingerprint density at radius 3 is 2.06 bits per heavy atom. The number of likely N-dealkylation sites (N-methyl/N-ethyl adjacent to an activating group) is 1. The van der Waals surface area contributed by atoms with E-state index in [0.717, 1.165) is 0 Å². The Morgan fingerprint density at radius 2 is 1.78 bits per heavy atom. The summed E-state index contributed by atoms with van der Waals surface area (Å²) in [4.78, 5) is 31.0. The SMILES string of the molecule is CCN(CC)C(=O)C(Cl)=C(OP(=O)(O)O)C(C)C. The lowest BCUT2D eigenvalue weighted by atomic mass is 10.1. The molecule has 0 unspecified atom stereocenters. The number of amides is 1. The van der Waals surface area contributed by atoms with Gasteiger partial charge < -0.3 is 9.42 Å². The Bertz CT molecular complexity index is 372. The Hall–Kier alpha value is -0.550. The first-order valence-electron chi connectivity index (χ1n) is 5.58. The van der Waals surface area contributed by atoms with Crippen molar-refractivity contribution in [3.05, 3.63) is 10.8 Å². The van der Waals surface area contributed by atoms with Crippen molar-refractivity contribution in [1.82, 2.24) is 4.90 Å². The summed E-state index contributed by atoms with van der Waals surface area (Å²) in [5.74, 6) is -1.11. The van der Waals surface area contributed by atoms with Crippen molar-refractivity contribution < 1.29 is 23.7 Å². The number of rotatable bonds is 6. The predicted octanol–water partition coefficient (Wildman–Crippen LogP) is 2.07. The summed E-state index contributed by atoms with van der Waals surface area (Å²) >= 11 is 5.87. The highest BCUT2D eigenvalue weighted by molar-refractivity contribution is 7.46. The second kappa shape index (κ2) is 7.14. The molecule has 0 aliphatic rings. The van der Waals surface area contributed by atoms with Crippen molar-refractivity contribution >= 4 is 25.3 Å². The fourth-order valence-corrected chi connectivity index (χ4v) is 2.27. The third-order valence-corrected chi connectivity index (χ3v) is 2.98. The summed E-state index contributed by atoms with van der Waals surface area (Å²) in [5, 5.41) is -0.294. The molecule has 0 aromatic rings. The van der Waals surface area contributed by atoms with Crippen LogP contribution in [0, 0.1) is 5.92 Å². The minimum atomic E-state index is -4.73. The minimum Gasteiger partial charge on any atom is -0.407 e. The van der Waals surface area contributed by atoms with Gasteiger partial charge in [0.2, 0.25) is 0 Å². The Labute approximate surface area is 112 Å². The van der Waals surface area contributed by atoms with Gasteiger partial charge >= 0.3 is 7.82 Å². The van der Waals surface area contributed by atoms with Crippen molar-refractivity contribution in [3.8, 4) is 0 Å². The third-order valence-electron chi connectivity index (χ3n) is 2.20. The molecule has 0 atom stereocenters.